The summed E-state index contributed by atoms with van der Waals surface area (Å²) in [5.41, 5.74) is 1.00. The molecule has 1 aromatic heterocycles. The fourth-order valence-electron chi connectivity index (χ4n) is 0.665. The van der Waals surface area contributed by atoms with Crippen molar-refractivity contribution in [2.45, 2.75) is 12.3 Å². The van der Waals surface area contributed by atoms with Gasteiger partial charge in [0.15, 0.2) is 0 Å². The van der Waals surface area contributed by atoms with Gasteiger partial charge in [0, 0.05) is 6.20 Å². The van der Waals surface area contributed by atoms with Gasteiger partial charge in [0.1, 0.15) is 5.15 Å². The first kappa shape index (κ1) is 7.83. The molecule has 0 aliphatic carbocycles. The molecular weight excluding hydrogens is 169 g/mol. The van der Waals surface area contributed by atoms with E-state index in [9.17, 15) is 0 Å². The smallest absolute Gasteiger partial charge is 0.129 e. The number of pyridine rings is 1. The van der Waals surface area contributed by atoms with E-state index in [0.29, 0.717) is 5.15 Å². The van der Waals surface area contributed by atoms with Crippen LogP contribution in [0, 0.1) is 0 Å². The summed E-state index contributed by atoms with van der Waals surface area (Å²) in [6.45, 7) is 1.90. The van der Waals surface area contributed by atoms with Crippen LogP contribution < -0.4 is 0 Å². The molecule has 0 aliphatic rings. The number of hydrogen-bond acceptors (Lipinski definition) is 1. The van der Waals surface area contributed by atoms with Crippen molar-refractivity contribution in [3.8, 4) is 0 Å². The Kier molecular flexibility index (Phi) is 2.52. The van der Waals surface area contributed by atoms with Crippen LogP contribution in [0.15, 0.2) is 18.3 Å². The average molecular weight is 176 g/mol. The molecule has 10 heavy (non-hydrogen) atoms. The SMILES string of the molecule is CC(Cl)c1ccnc(Cl)c1. The predicted octanol–water partition coefficient (Wildman–Crippen LogP) is 3.03. The number of rotatable bonds is 1. The molecule has 1 unspecified atom stereocenters. The molecule has 0 aromatic carbocycles. The fraction of sp³-hybridized carbons (Fsp3) is 0.286. The van der Waals surface area contributed by atoms with E-state index in [1.165, 1.54) is 0 Å². The van der Waals surface area contributed by atoms with Crippen molar-refractivity contribution < 1.29 is 0 Å². The van der Waals surface area contributed by atoms with Gasteiger partial charge in [-0.1, -0.05) is 11.6 Å². The van der Waals surface area contributed by atoms with Crippen LogP contribution in [0.25, 0.3) is 0 Å². The average Bonchev–Trinajstić information content (AvgIpc) is 1.88. The molecule has 0 fully saturated rings. The molecule has 0 spiro atoms. The molecule has 0 radical (unpaired) electrons. The maximum atomic E-state index is 5.79. The third-order valence-electron chi connectivity index (χ3n) is 1.21. The lowest BCUT2D eigenvalue weighted by molar-refractivity contribution is 1.07. The van der Waals surface area contributed by atoms with Crippen LogP contribution in [0.4, 0.5) is 0 Å². The lowest BCUT2D eigenvalue weighted by Crippen LogP contribution is -1.84. The predicted molar refractivity (Wildman–Crippen MR) is 43.5 cm³/mol. The van der Waals surface area contributed by atoms with Crippen molar-refractivity contribution in [2.75, 3.05) is 0 Å². The zero-order valence-corrected chi connectivity index (χ0v) is 7.02. The topological polar surface area (TPSA) is 12.9 Å². The summed E-state index contributed by atoms with van der Waals surface area (Å²) in [6, 6.07) is 3.61. The number of alkyl halides is 1. The maximum Gasteiger partial charge on any atom is 0.129 e. The zero-order chi connectivity index (χ0) is 7.56. The maximum absolute atomic E-state index is 5.79. The Morgan fingerprint density at radius 2 is 2.30 bits per heavy atom. The van der Waals surface area contributed by atoms with E-state index in [4.69, 9.17) is 23.2 Å². The Morgan fingerprint density at radius 3 is 2.70 bits per heavy atom. The quantitative estimate of drug-likeness (QED) is 0.473. The van der Waals surface area contributed by atoms with Gasteiger partial charge in [-0.25, -0.2) is 4.98 Å². The summed E-state index contributed by atoms with van der Waals surface area (Å²) in [5, 5.41) is 0.491. The molecule has 0 aliphatic heterocycles. The van der Waals surface area contributed by atoms with Gasteiger partial charge >= 0.3 is 0 Å². The molecule has 1 aromatic rings. The van der Waals surface area contributed by atoms with Crippen molar-refractivity contribution in [1.29, 1.82) is 0 Å². The monoisotopic (exact) mass is 175 g/mol. The second-order valence-corrected chi connectivity index (χ2v) is 3.07. The normalized spacial score (nSPS) is 13.1. The largest absolute Gasteiger partial charge is 0.245 e. The summed E-state index contributed by atoms with van der Waals surface area (Å²) >= 11 is 11.4. The van der Waals surface area contributed by atoms with Gasteiger partial charge in [0.2, 0.25) is 0 Å². The van der Waals surface area contributed by atoms with Crippen molar-refractivity contribution >= 4 is 23.2 Å². The third kappa shape index (κ3) is 1.86. The summed E-state index contributed by atoms with van der Waals surface area (Å²) in [4.78, 5) is 3.83. The standard InChI is InChI=1S/C7H7Cl2N/c1-5(8)6-2-3-10-7(9)4-6/h2-5H,1H3. The van der Waals surface area contributed by atoms with Crippen LogP contribution in [0.5, 0.6) is 0 Å². The number of aromatic nitrogens is 1. The van der Waals surface area contributed by atoms with E-state index < -0.39 is 0 Å². The first-order chi connectivity index (χ1) is 4.70. The van der Waals surface area contributed by atoms with E-state index in [1.807, 2.05) is 13.0 Å². The Balaban J connectivity index is 2.96. The first-order valence-corrected chi connectivity index (χ1v) is 3.77. The molecule has 1 rings (SSSR count). The highest BCUT2D eigenvalue weighted by atomic mass is 35.5. The lowest BCUT2D eigenvalue weighted by Gasteiger charge is -2.00. The summed E-state index contributed by atoms with van der Waals surface area (Å²) in [7, 11) is 0. The zero-order valence-electron chi connectivity index (χ0n) is 5.51. The minimum atomic E-state index is 0.000463. The Labute approximate surface area is 70.0 Å². The van der Waals surface area contributed by atoms with Crippen LogP contribution in [0.1, 0.15) is 17.9 Å². The van der Waals surface area contributed by atoms with Crippen LogP contribution in [-0.2, 0) is 0 Å². The van der Waals surface area contributed by atoms with Gasteiger partial charge in [0.25, 0.3) is 0 Å². The molecule has 1 heterocycles. The van der Waals surface area contributed by atoms with Crippen LogP contribution in [0.2, 0.25) is 5.15 Å². The van der Waals surface area contributed by atoms with Gasteiger partial charge in [0.05, 0.1) is 5.38 Å². The number of hydrogen-bond donors (Lipinski definition) is 0. The van der Waals surface area contributed by atoms with Crippen molar-refractivity contribution in [3.05, 3.63) is 29.0 Å². The van der Waals surface area contributed by atoms with Crippen LogP contribution >= 0.6 is 23.2 Å². The molecule has 1 nitrogen and oxygen atoms in total. The van der Waals surface area contributed by atoms with Gasteiger partial charge in [-0.3, -0.25) is 0 Å². The highest BCUT2D eigenvalue weighted by molar-refractivity contribution is 6.29. The highest BCUT2D eigenvalue weighted by Crippen LogP contribution is 2.20. The van der Waals surface area contributed by atoms with Crippen molar-refractivity contribution in [3.63, 3.8) is 0 Å². The lowest BCUT2D eigenvalue weighted by atomic mass is 10.2. The molecule has 0 amide bonds. The molecule has 1 atom stereocenters. The van der Waals surface area contributed by atoms with Gasteiger partial charge < -0.3 is 0 Å². The van der Waals surface area contributed by atoms with Crippen LogP contribution in [0.3, 0.4) is 0 Å². The summed E-state index contributed by atoms with van der Waals surface area (Å²) in [5.74, 6) is 0. The van der Waals surface area contributed by atoms with Crippen LogP contribution in [-0.4, -0.2) is 4.98 Å². The second kappa shape index (κ2) is 3.22. The van der Waals surface area contributed by atoms with E-state index in [2.05, 4.69) is 4.98 Å². The molecule has 0 N–H and O–H groups in total. The fourth-order valence-corrected chi connectivity index (χ4v) is 0.983. The van der Waals surface area contributed by atoms with Gasteiger partial charge in [-0.05, 0) is 24.6 Å². The van der Waals surface area contributed by atoms with E-state index in [-0.39, 0.29) is 5.38 Å². The molecular formula is C7H7Cl2N. The van der Waals surface area contributed by atoms with Gasteiger partial charge in [-0.2, -0.15) is 0 Å². The third-order valence-corrected chi connectivity index (χ3v) is 1.67. The molecule has 0 saturated carbocycles. The molecule has 0 bridgehead atoms. The first-order valence-electron chi connectivity index (χ1n) is 2.95. The highest BCUT2D eigenvalue weighted by Gasteiger charge is 2.00. The number of nitrogens with zero attached hydrogens (tertiary/aromatic N) is 1. The van der Waals surface area contributed by atoms with E-state index >= 15 is 0 Å². The minimum absolute atomic E-state index is 0.000463. The Hall–Kier alpha value is -0.270. The van der Waals surface area contributed by atoms with Gasteiger partial charge in [-0.15, -0.1) is 11.6 Å². The molecule has 54 valence electrons. The Morgan fingerprint density at radius 1 is 1.60 bits per heavy atom. The Bertz CT molecular complexity index is 223. The second-order valence-electron chi connectivity index (χ2n) is 2.03. The summed E-state index contributed by atoms with van der Waals surface area (Å²) < 4.78 is 0. The number of halogens is 2. The van der Waals surface area contributed by atoms with Crippen molar-refractivity contribution in [1.82, 2.24) is 4.98 Å². The molecule has 0 saturated heterocycles. The van der Waals surface area contributed by atoms with Crippen molar-refractivity contribution in [2.24, 2.45) is 0 Å². The molecule has 3 heteroatoms. The minimum Gasteiger partial charge on any atom is -0.245 e. The van der Waals surface area contributed by atoms with E-state index in [1.54, 1.807) is 12.3 Å². The van der Waals surface area contributed by atoms with E-state index in [0.717, 1.165) is 5.56 Å². The summed E-state index contributed by atoms with van der Waals surface area (Å²) in [6.07, 6.45) is 1.65.